The van der Waals surface area contributed by atoms with E-state index in [-0.39, 0.29) is 0 Å². The van der Waals surface area contributed by atoms with E-state index >= 15 is 0 Å². The van der Waals surface area contributed by atoms with Gasteiger partial charge in [0.2, 0.25) is 0 Å². The summed E-state index contributed by atoms with van der Waals surface area (Å²) in [5.41, 5.74) is 6.32. The van der Waals surface area contributed by atoms with Crippen LogP contribution in [0.25, 0.3) is 0 Å². The lowest BCUT2D eigenvalue weighted by Crippen LogP contribution is -2.40. The maximum absolute atomic E-state index is 10.6. The van der Waals surface area contributed by atoms with Crippen LogP contribution >= 0.6 is 0 Å². The Morgan fingerprint density at radius 1 is 1.25 bits per heavy atom. The molecule has 5 heteroatoms. The average molecular weight is 286 g/mol. The van der Waals surface area contributed by atoms with Crippen molar-refractivity contribution in [1.82, 2.24) is 4.90 Å². The van der Waals surface area contributed by atoms with Crippen LogP contribution in [0.2, 0.25) is 0 Å². The number of hydrogen-bond acceptors (Lipinski definition) is 5. The molecule has 2 heterocycles. The Hall–Kier alpha value is -1.30. The van der Waals surface area contributed by atoms with Gasteiger partial charge in [0, 0.05) is 23.6 Å². The van der Waals surface area contributed by atoms with Crippen LogP contribution < -0.4 is 15.2 Å². The zero-order chi connectivity index (χ0) is 21.1. The second-order valence-corrected chi connectivity index (χ2v) is 4.60. The van der Waals surface area contributed by atoms with Crippen molar-refractivity contribution in [1.29, 1.82) is 0 Å². The largest absolute Gasteiger partial charge is 0.486 e. The Kier molecular flexibility index (Phi) is 2.13. The van der Waals surface area contributed by atoms with Gasteiger partial charge in [0.25, 0.3) is 0 Å². The van der Waals surface area contributed by atoms with Gasteiger partial charge in [-0.3, -0.25) is 0 Å². The predicted octanol–water partition coefficient (Wildman–Crippen LogP) is 0.914. The third kappa shape index (κ3) is 2.90. The van der Waals surface area contributed by atoms with Crippen molar-refractivity contribution < 1.29 is 25.5 Å². The van der Waals surface area contributed by atoms with E-state index < -0.39 is 44.4 Å². The highest BCUT2D eigenvalue weighted by molar-refractivity contribution is 5.44. The van der Waals surface area contributed by atoms with Gasteiger partial charge in [-0.2, -0.15) is 0 Å². The molecule has 0 aliphatic carbocycles. The summed E-state index contributed by atoms with van der Waals surface area (Å²) in [5.74, 6) is 0.916. The quantitative estimate of drug-likeness (QED) is 0.861. The number of nitrogens with zero attached hydrogens (tertiary/aromatic N) is 1. The normalized spacial score (nSPS) is 37.7. The molecule has 0 radical (unpaired) electrons. The zero-order valence-corrected chi connectivity index (χ0v) is 10.8. The minimum atomic E-state index is -3.13. The van der Waals surface area contributed by atoms with Crippen molar-refractivity contribution in [2.24, 2.45) is 5.73 Å². The molecule has 2 aliphatic rings. The molecule has 5 nitrogen and oxygen atoms in total. The highest BCUT2D eigenvalue weighted by atomic mass is 16.6. The van der Waals surface area contributed by atoms with E-state index in [1.807, 2.05) is 0 Å². The second kappa shape index (κ2) is 5.99. The first-order valence-electron chi connectivity index (χ1n) is 10.4. The number of benzene rings is 1. The van der Waals surface area contributed by atoms with Gasteiger partial charge in [-0.25, -0.2) is 0 Å². The Morgan fingerprint density at radius 3 is 2.70 bits per heavy atom. The molecule has 0 aromatic heterocycles. The van der Waals surface area contributed by atoms with Crippen molar-refractivity contribution in [3.05, 3.63) is 23.8 Å². The van der Waals surface area contributed by atoms with E-state index in [0.29, 0.717) is 35.2 Å². The summed E-state index contributed by atoms with van der Waals surface area (Å²) in [4.78, 5) is 0.409. The van der Waals surface area contributed by atoms with Crippen LogP contribution in [0, 0.1) is 0 Å². The standard InChI is InChI=1S/C15H22N2O3/c16-12(10-17-5-1-2-6-17)15(18)11-3-4-13-14(9-11)20-8-7-19-13/h3-4,9,12,15,18H,1-2,5-8,10,16H2/t12-,15-/m1/s1/i1D2,2D2,5D2,6D2. The molecular weight excluding hydrogens is 256 g/mol. The number of aliphatic hydroxyl groups is 1. The third-order valence-electron chi connectivity index (χ3n) is 3.15. The summed E-state index contributed by atoms with van der Waals surface area (Å²) in [6.45, 7) is -5.84. The van der Waals surface area contributed by atoms with Gasteiger partial charge in [-0.1, -0.05) is 6.07 Å². The Morgan fingerprint density at radius 2 is 1.95 bits per heavy atom. The van der Waals surface area contributed by atoms with Gasteiger partial charge in [-0.15, -0.1) is 0 Å². The van der Waals surface area contributed by atoms with Crippen molar-refractivity contribution >= 4 is 0 Å². The predicted molar refractivity (Wildman–Crippen MR) is 76.0 cm³/mol. The SMILES string of the molecule is [2H]C1([2H])N(C[C@@H](N)[C@H](O)c2ccc3c(c2)OCCO3)C([2H])([2H])C([2H])([2H])C1([2H])[2H]. The minimum absolute atomic E-state index is 0.336. The number of rotatable bonds is 4. The molecule has 0 unspecified atom stereocenters. The molecule has 1 fully saturated rings. The Bertz CT molecular complexity index is 735. The molecule has 0 amide bonds. The van der Waals surface area contributed by atoms with Crippen LogP contribution in [0.4, 0.5) is 0 Å². The van der Waals surface area contributed by atoms with E-state index in [0.717, 1.165) is 0 Å². The highest BCUT2D eigenvalue weighted by Crippen LogP contribution is 2.33. The molecule has 3 N–H and O–H groups in total. The van der Waals surface area contributed by atoms with Gasteiger partial charge < -0.3 is 25.2 Å². The third-order valence-corrected chi connectivity index (χ3v) is 3.15. The van der Waals surface area contributed by atoms with E-state index in [1.165, 1.54) is 6.07 Å². The van der Waals surface area contributed by atoms with E-state index in [4.69, 9.17) is 26.2 Å². The summed E-state index contributed by atoms with van der Waals surface area (Å²) in [5, 5.41) is 10.6. The molecule has 1 aromatic rings. The average Bonchev–Trinajstić information content (AvgIpc) is 2.69. The number of nitrogens with two attached hydrogens (primary N) is 1. The molecule has 1 saturated heterocycles. The fourth-order valence-electron chi connectivity index (χ4n) is 2.11. The van der Waals surface area contributed by atoms with Gasteiger partial charge in [0.15, 0.2) is 11.5 Å². The number of ether oxygens (including phenoxy) is 2. The first-order valence-corrected chi connectivity index (χ1v) is 6.36. The molecule has 0 spiro atoms. The zero-order valence-electron chi connectivity index (χ0n) is 18.8. The van der Waals surface area contributed by atoms with Crippen LogP contribution in [0.3, 0.4) is 0 Å². The second-order valence-electron chi connectivity index (χ2n) is 4.60. The van der Waals surface area contributed by atoms with E-state index in [2.05, 4.69) is 0 Å². The molecule has 3 rings (SSSR count). The van der Waals surface area contributed by atoms with Crippen LogP contribution in [-0.4, -0.2) is 48.8 Å². The monoisotopic (exact) mass is 286 g/mol. The molecule has 2 atom stereocenters. The van der Waals surface area contributed by atoms with Crippen LogP contribution in [0.1, 0.15) is 35.4 Å². The van der Waals surface area contributed by atoms with Crippen molar-refractivity contribution in [2.75, 3.05) is 32.8 Å². The van der Waals surface area contributed by atoms with Crippen molar-refractivity contribution in [3.8, 4) is 11.5 Å². The fraction of sp³-hybridized carbons (Fsp3) is 0.600. The van der Waals surface area contributed by atoms with E-state index in [9.17, 15) is 5.11 Å². The molecule has 110 valence electrons. The lowest BCUT2D eigenvalue weighted by molar-refractivity contribution is 0.124. The maximum Gasteiger partial charge on any atom is 0.161 e. The van der Waals surface area contributed by atoms with Gasteiger partial charge in [-0.05, 0) is 43.4 Å². The molecule has 20 heavy (non-hydrogen) atoms. The summed E-state index contributed by atoms with van der Waals surface area (Å²) < 4.78 is 74.0. The summed E-state index contributed by atoms with van der Waals surface area (Å²) in [6, 6.07) is 3.43. The lowest BCUT2D eigenvalue weighted by atomic mass is 10.0. The molecule has 1 aromatic carbocycles. The van der Waals surface area contributed by atoms with E-state index in [1.54, 1.807) is 12.1 Å². The molecule has 0 bridgehead atoms. The van der Waals surface area contributed by atoms with Crippen LogP contribution in [-0.2, 0) is 0 Å². The Balaban J connectivity index is 1.85. The Labute approximate surface area is 130 Å². The highest BCUT2D eigenvalue weighted by Gasteiger charge is 2.23. The van der Waals surface area contributed by atoms with Crippen LogP contribution in [0.5, 0.6) is 11.5 Å². The van der Waals surface area contributed by atoms with Crippen molar-refractivity contribution in [2.45, 2.75) is 24.9 Å². The first-order chi connectivity index (χ1) is 12.7. The fourth-order valence-corrected chi connectivity index (χ4v) is 2.11. The number of fused-ring (bicyclic) bond motifs is 1. The number of aliphatic hydroxyl groups excluding tert-OH is 1. The maximum atomic E-state index is 10.6. The minimum Gasteiger partial charge on any atom is -0.486 e. The number of hydrogen-bond donors (Lipinski definition) is 2. The van der Waals surface area contributed by atoms with Crippen LogP contribution in [0.15, 0.2) is 18.2 Å². The molecular formula is C15H22N2O3. The molecule has 2 aliphatic heterocycles. The molecule has 0 saturated carbocycles. The van der Waals surface area contributed by atoms with Gasteiger partial charge in [0.1, 0.15) is 13.2 Å². The van der Waals surface area contributed by atoms with Gasteiger partial charge >= 0.3 is 0 Å². The first kappa shape index (κ1) is 7.11. The summed E-state index contributed by atoms with van der Waals surface area (Å²) in [7, 11) is 0. The van der Waals surface area contributed by atoms with Gasteiger partial charge in [0.05, 0.1) is 6.10 Å². The summed E-state index contributed by atoms with van der Waals surface area (Å²) >= 11 is 0. The summed E-state index contributed by atoms with van der Waals surface area (Å²) in [6.07, 6.45) is -7.61. The topological polar surface area (TPSA) is 68.0 Å². The number of likely N-dealkylation sites (tertiary alicyclic amines) is 1. The lowest BCUT2D eigenvalue weighted by Gasteiger charge is -2.26. The smallest absolute Gasteiger partial charge is 0.161 e. The van der Waals surface area contributed by atoms with Crippen molar-refractivity contribution in [3.63, 3.8) is 0 Å².